The number of hydrogen-bond donors (Lipinski definition) is 3. The summed E-state index contributed by atoms with van der Waals surface area (Å²) in [7, 11) is 0. The van der Waals surface area contributed by atoms with Gasteiger partial charge in [0.2, 0.25) is 0 Å². The first-order valence-corrected chi connectivity index (χ1v) is 8.14. The number of aryl methyl sites for hydroxylation is 1. The van der Waals surface area contributed by atoms with E-state index in [2.05, 4.69) is 15.4 Å². The zero-order valence-electron chi connectivity index (χ0n) is 14.0. The molecule has 7 nitrogen and oxygen atoms in total. The minimum Gasteiger partial charge on any atom is -0.394 e. The predicted molar refractivity (Wildman–Crippen MR) is 93.1 cm³/mol. The number of nitrogens with one attached hydrogen (secondary N) is 2. The quantitative estimate of drug-likeness (QED) is 0.563. The van der Waals surface area contributed by atoms with Crippen molar-refractivity contribution in [2.45, 2.75) is 33.5 Å². The lowest BCUT2D eigenvalue weighted by atomic mass is 10.2. The summed E-state index contributed by atoms with van der Waals surface area (Å²) in [4.78, 5) is 14.9. The van der Waals surface area contributed by atoms with Crippen molar-refractivity contribution in [3.05, 3.63) is 51.7 Å². The van der Waals surface area contributed by atoms with Gasteiger partial charge in [0.05, 0.1) is 29.9 Å². The fourth-order valence-corrected chi connectivity index (χ4v) is 3.04. The summed E-state index contributed by atoms with van der Waals surface area (Å²) < 4.78 is 3.58. The van der Waals surface area contributed by atoms with Crippen molar-refractivity contribution >= 4 is 11.0 Å². The molecule has 0 radical (unpaired) electrons. The lowest BCUT2D eigenvalue weighted by molar-refractivity contribution is 0.267. The van der Waals surface area contributed by atoms with Crippen LogP contribution >= 0.6 is 0 Å². The number of rotatable bonds is 7. The number of aliphatic hydroxyl groups is 1. The molecule has 1 aromatic carbocycles. The molecule has 0 aliphatic rings. The van der Waals surface area contributed by atoms with Crippen LogP contribution in [0.2, 0.25) is 0 Å². The Hall–Kier alpha value is -2.38. The summed E-state index contributed by atoms with van der Waals surface area (Å²) in [5, 5.41) is 16.9. The van der Waals surface area contributed by atoms with Gasteiger partial charge in [0.15, 0.2) is 0 Å². The molecular weight excluding hydrogens is 306 g/mol. The van der Waals surface area contributed by atoms with Crippen molar-refractivity contribution < 1.29 is 5.11 Å². The molecule has 3 rings (SSSR count). The molecule has 0 aliphatic heterocycles. The third kappa shape index (κ3) is 3.13. The van der Waals surface area contributed by atoms with Gasteiger partial charge in [-0.2, -0.15) is 5.10 Å². The minimum absolute atomic E-state index is 0.0817. The lowest BCUT2D eigenvalue weighted by Crippen LogP contribution is -2.25. The summed E-state index contributed by atoms with van der Waals surface area (Å²) >= 11 is 0. The van der Waals surface area contributed by atoms with Gasteiger partial charge in [-0.15, -0.1) is 0 Å². The van der Waals surface area contributed by atoms with Crippen molar-refractivity contribution in [2.75, 3.05) is 13.2 Å². The van der Waals surface area contributed by atoms with Crippen LogP contribution in [0.4, 0.5) is 0 Å². The standard InChI is InChI=1S/C17H23N5O2/c1-12-14(13(2)22(20-12)9-10-23)11-18-7-8-21-16-6-4-3-5-15(16)19-17(21)24/h3-6,18,23H,7-11H2,1-2H3,(H,19,24). The predicted octanol–water partition coefficient (Wildman–Crippen LogP) is 0.925. The molecule has 128 valence electrons. The number of aliphatic hydroxyl groups excluding tert-OH is 1. The smallest absolute Gasteiger partial charge is 0.326 e. The highest BCUT2D eigenvalue weighted by molar-refractivity contribution is 5.74. The molecule has 3 aromatic rings. The molecule has 0 bridgehead atoms. The zero-order valence-corrected chi connectivity index (χ0v) is 14.0. The number of imidazole rings is 1. The maximum atomic E-state index is 12.0. The molecule has 7 heteroatoms. The molecule has 0 spiro atoms. The summed E-state index contributed by atoms with van der Waals surface area (Å²) in [6.45, 7) is 6.56. The highest BCUT2D eigenvalue weighted by Crippen LogP contribution is 2.12. The molecule has 2 aromatic heterocycles. The van der Waals surface area contributed by atoms with E-state index in [-0.39, 0.29) is 12.3 Å². The third-order valence-corrected chi connectivity index (χ3v) is 4.34. The molecule has 3 N–H and O–H groups in total. The Morgan fingerprint density at radius 3 is 2.83 bits per heavy atom. The van der Waals surface area contributed by atoms with Crippen molar-refractivity contribution in [2.24, 2.45) is 0 Å². The highest BCUT2D eigenvalue weighted by Gasteiger charge is 2.11. The normalized spacial score (nSPS) is 11.5. The average Bonchev–Trinajstić information content (AvgIpc) is 3.02. The summed E-state index contributed by atoms with van der Waals surface area (Å²) in [6, 6.07) is 7.70. The van der Waals surface area contributed by atoms with Crippen LogP contribution in [0.1, 0.15) is 17.0 Å². The first-order chi connectivity index (χ1) is 11.6. The number of para-hydroxylation sites is 2. The van der Waals surface area contributed by atoms with E-state index in [1.54, 1.807) is 4.57 Å². The molecule has 0 saturated heterocycles. The van der Waals surface area contributed by atoms with E-state index in [0.29, 0.717) is 26.2 Å². The number of aromatic nitrogens is 4. The van der Waals surface area contributed by atoms with E-state index in [1.807, 2.05) is 42.8 Å². The zero-order chi connectivity index (χ0) is 17.1. The number of H-pyrrole nitrogens is 1. The number of aromatic amines is 1. The summed E-state index contributed by atoms with van der Waals surface area (Å²) in [6.07, 6.45) is 0. The van der Waals surface area contributed by atoms with Crippen LogP contribution < -0.4 is 11.0 Å². The largest absolute Gasteiger partial charge is 0.394 e. The molecule has 0 unspecified atom stereocenters. The van der Waals surface area contributed by atoms with Crippen molar-refractivity contribution in [1.82, 2.24) is 24.6 Å². The second-order valence-electron chi connectivity index (χ2n) is 5.87. The molecule has 0 amide bonds. The third-order valence-electron chi connectivity index (χ3n) is 4.34. The fraction of sp³-hybridized carbons (Fsp3) is 0.412. The Bertz CT molecular complexity index is 890. The minimum atomic E-state index is -0.0823. The SMILES string of the molecule is Cc1nn(CCO)c(C)c1CNCCn1c(=O)[nH]c2ccccc21. The van der Waals surface area contributed by atoms with Gasteiger partial charge in [0, 0.05) is 30.9 Å². The monoisotopic (exact) mass is 329 g/mol. The maximum Gasteiger partial charge on any atom is 0.326 e. The molecule has 0 aliphatic carbocycles. The molecule has 0 saturated carbocycles. The van der Waals surface area contributed by atoms with Gasteiger partial charge in [-0.1, -0.05) is 12.1 Å². The van der Waals surface area contributed by atoms with Gasteiger partial charge in [-0.25, -0.2) is 4.79 Å². The van der Waals surface area contributed by atoms with Crippen LogP contribution in [0.25, 0.3) is 11.0 Å². The number of benzene rings is 1. The lowest BCUT2D eigenvalue weighted by Gasteiger charge is -2.07. The Kier molecular flexibility index (Phi) is 4.82. The average molecular weight is 329 g/mol. The van der Waals surface area contributed by atoms with Crippen molar-refractivity contribution in [3.63, 3.8) is 0 Å². The van der Waals surface area contributed by atoms with Crippen LogP contribution in [-0.4, -0.2) is 37.6 Å². The number of nitrogens with zero attached hydrogens (tertiary/aromatic N) is 3. The van der Waals surface area contributed by atoms with Gasteiger partial charge in [-0.3, -0.25) is 9.25 Å². The number of hydrogen-bond acceptors (Lipinski definition) is 4. The Balaban J connectivity index is 1.63. The summed E-state index contributed by atoms with van der Waals surface area (Å²) in [5.74, 6) is 0. The topological polar surface area (TPSA) is 87.9 Å². The second-order valence-corrected chi connectivity index (χ2v) is 5.87. The van der Waals surface area contributed by atoms with Crippen molar-refractivity contribution in [3.8, 4) is 0 Å². The molecule has 0 atom stereocenters. The van der Waals surface area contributed by atoms with Crippen LogP contribution in [0.5, 0.6) is 0 Å². The van der Waals surface area contributed by atoms with E-state index < -0.39 is 0 Å². The first kappa shape index (κ1) is 16.5. The van der Waals surface area contributed by atoms with Gasteiger partial charge in [0.25, 0.3) is 0 Å². The summed E-state index contributed by atoms with van der Waals surface area (Å²) in [5.41, 5.74) is 4.89. The van der Waals surface area contributed by atoms with Crippen molar-refractivity contribution in [1.29, 1.82) is 0 Å². The second kappa shape index (κ2) is 7.02. The van der Waals surface area contributed by atoms with E-state index in [1.165, 1.54) is 0 Å². The molecule has 0 fully saturated rings. The molecule has 2 heterocycles. The van der Waals surface area contributed by atoms with Gasteiger partial charge >= 0.3 is 5.69 Å². The fourth-order valence-electron chi connectivity index (χ4n) is 3.04. The van der Waals surface area contributed by atoms with E-state index in [4.69, 9.17) is 5.11 Å². The highest BCUT2D eigenvalue weighted by atomic mass is 16.3. The Morgan fingerprint density at radius 2 is 2.04 bits per heavy atom. The van der Waals surface area contributed by atoms with Gasteiger partial charge in [-0.05, 0) is 26.0 Å². The van der Waals surface area contributed by atoms with Gasteiger partial charge < -0.3 is 15.4 Å². The van der Waals surface area contributed by atoms with E-state index in [9.17, 15) is 4.79 Å². The van der Waals surface area contributed by atoms with Crippen LogP contribution in [-0.2, 0) is 19.6 Å². The maximum absolute atomic E-state index is 12.0. The van der Waals surface area contributed by atoms with Crippen LogP contribution in [0.3, 0.4) is 0 Å². The van der Waals surface area contributed by atoms with E-state index >= 15 is 0 Å². The van der Waals surface area contributed by atoms with Crippen LogP contribution in [0.15, 0.2) is 29.1 Å². The Labute approximate surface area is 139 Å². The molecular formula is C17H23N5O2. The first-order valence-electron chi connectivity index (χ1n) is 8.14. The Morgan fingerprint density at radius 1 is 1.25 bits per heavy atom. The van der Waals surface area contributed by atoms with Gasteiger partial charge in [0.1, 0.15) is 0 Å². The van der Waals surface area contributed by atoms with E-state index in [0.717, 1.165) is 28.0 Å². The van der Waals surface area contributed by atoms with Crippen LogP contribution in [0, 0.1) is 13.8 Å². The molecule has 24 heavy (non-hydrogen) atoms. The number of fused-ring (bicyclic) bond motifs is 1.